The Morgan fingerprint density at radius 3 is 2.50 bits per heavy atom. The molecule has 1 rings (SSSR count). The maximum absolute atomic E-state index is 11.4. The van der Waals surface area contributed by atoms with Crippen molar-refractivity contribution in [1.29, 1.82) is 0 Å². The highest BCUT2D eigenvalue weighted by molar-refractivity contribution is 5.86. The average Bonchev–Trinajstić information content (AvgIpc) is 2.26. The van der Waals surface area contributed by atoms with Gasteiger partial charge in [-0.3, -0.25) is 0 Å². The molecule has 1 aliphatic carbocycles. The Labute approximate surface area is 111 Å². The first-order valence-electron chi connectivity index (χ1n) is 6.71. The van der Waals surface area contributed by atoms with Gasteiger partial charge in [0.05, 0.1) is 6.61 Å². The van der Waals surface area contributed by atoms with Crippen molar-refractivity contribution in [3.63, 3.8) is 0 Å². The van der Waals surface area contributed by atoms with Crippen molar-refractivity contribution in [2.45, 2.75) is 53.4 Å². The van der Waals surface area contributed by atoms with Crippen LogP contribution in [0.3, 0.4) is 0 Å². The van der Waals surface area contributed by atoms with Crippen LogP contribution in [0.2, 0.25) is 0 Å². The number of hydrogen-bond donors (Lipinski definition) is 0. The third kappa shape index (κ3) is 2.85. The van der Waals surface area contributed by atoms with Crippen LogP contribution in [0.15, 0.2) is 24.3 Å². The van der Waals surface area contributed by atoms with Gasteiger partial charge in [-0.2, -0.15) is 0 Å². The Morgan fingerprint density at radius 2 is 2.00 bits per heavy atom. The summed E-state index contributed by atoms with van der Waals surface area (Å²) in [4.78, 5) is 11.4. The molecule has 2 heteroatoms. The van der Waals surface area contributed by atoms with Crippen molar-refractivity contribution in [2.75, 3.05) is 6.61 Å². The van der Waals surface area contributed by atoms with Crippen molar-refractivity contribution in [3.05, 3.63) is 24.3 Å². The maximum Gasteiger partial charge on any atom is 0.333 e. The minimum atomic E-state index is -0.294. The lowest BCUT2D eigenvalue weighted by molar-refractivity contribution is -0.140. The van der Waals surface area contributed by atoms with E-state index >= 15 is 0 Å². The standard InChI is InChI=1S/C16H26O2/c1-12(2)14(17)18-11-10-16(6)13(3)8-7-9-15(16,4)5/h1,3,7-11H2,2,4-6H3. The summed E-state index contributed by atoms with van der Waals surface area (Å²) in [7, 11) is 0. The number of carbonyl (C=O) groups excluding carboxylic acids is 1. The fourth-order valence-electron chi connectivity index (χ4n) is 2.76. The Balaban J connectivity index is 2.65. The summed E-state index contributed by atoms with van der Waals surface area (Å²) in [5.41, 5.74) is 2.03. The molecule has 18 heavy (non-hydrogen) atoms. The summed E-state index contributed by atoms with van der Waals surface area (Å²) in [6.07, 6.45) is 4.36. The second kappa shape index (κ2) is 5.29. The molecule has 1 fully saturated rings. The normalized spacial score (nSPS) is 26.8. The van der Waals surface area contributed by atoms with E-state index in [0.717, 1.165) is 12.8 Å². The van der Waals surface area contributed by atoms with Crippen molar-refractivity contribution in [2.24, 2.45) is 10.8 Å². The Kier molecular flexibility index (Phi) is 4.41. The molecule has 0 heterocycles. The molecule has 1 saturated carbocycles. The van der Waals surface area contributed by atoms with Gasteiger partial charge in [0.15, 0.2) is 0 Å². The minimum Gasteiger partial charge on any atom is -0.462 e. The predicted molar refractivity (Wildman–Crippen MR) is 75.3 cm³/mol. The van der Waals surface area contributed by atoms with Crippen LogP contribution in [-0.4, -0.2) is 12.6 Å². The molecule has 0 aromatic carbocycles. The first-order chi connectivity index (χ1) is 8.21. The van der Waals surface area contributed by atoms with Gasteiger partial charge in [-0.1, -0.05) is 39.5 Å². The van der Waals surface area contributed by atoms with Crippen molar-refractivity contribution < 1.29 is 9.53 Å². The van der Waals surface area contributed by atoms with Gasteiger partial charge in [0.1, 0.15) is 0 Å². The zero-order valence-electron chi connectivity index (χ0n) is 12.3. The van der Waals surface area contributed by atoms with E-state index in [2.05, 4.69) is 33.9 Å². The monoisotopic (exact) mass is 250 g/mol. The van der Waals surface area contributed by atoms with Gasteiger partial charge in [-0.05, 0) is 43.4 Å². The van der Waals surface area contributed by atoms with Gasteiger partial charge < -0.3 is 4.74 Å². The van der Waals surface area contributed by atoms with Crippen LogP contribution in [0.25, 0.3) is 0 Å². The Bertz CT molecular complexity index is 365. The minimum absolute atomic E-state index is 0.0562. The average molecular weight is 250 g/mol. The smallest absolute Gasteiger partial charge is 0.333 e. The lowest BCUT2D eigenvalue weighted by atomic mass is 9.55. The molecular formula is C16H26O2. The molecular weight excluding hydrogens is 224 g/mol. The van der Waals surface area contributed by atoms with Crippen molar-refractivity contribution >= 4 is 5.97 Å². The molecule has 0 bridgehead atoms. The number of carbonyl (C=O) groups is 1. The molecule has 0 N–H and O–H groups in total. The molecule has 0 aromatic heterocycles. The van der Waals surface area contributed by atoms with Gasteiger partial charge >= 0.3 is 5.97 Å². The first-order valence-corrected chi connectivity index (χ1v) is 6.71. The highest BCUT2D eigenvalue weighted by Crippen LogP contribution is 2.54. The highest BCUT2D eigenvalue weighted by Gasteiger charge is 2.44. The third-order valence-electron chi connectivity index (χ3n) is 4.74. The van der Waals surface area contributed by atoms with E-state index in [4.69, 9.17) is 4.74 Å². The lowest BCUT2D eigenvalue weighted by Crippen LogP contribution is -2.40. The number of ether oxygens (including phenoxy) is 1. The number of hydrogen-bond acceptors (Lipinski definition) is 2. The maximum atomic E-state index is 11.4. The summed E-state index contributed by atoms with van der Waals surface area (Å²) in [5.74, 6) is -0.294. The summed E-state index contributed by atoms with van der Waals surface area (Å²) in [6.45, 7) is 16.8. The third-order valence-corrected chi connectivity index (χ3v) is 4.74. The second-order valence-electron chi connectivity index (χ2n) is 6.34. The molecule has 0 amide bonds. The predicted octanol–water partition coefficient (Wildman–Crippen LogP) is 4.27. The second-order valence-corrected chi connectivity index (χ2v) is 6.34. The van der Waals surface area contributed by atoms with Crippen molar-refractivity contribution in [1.82, 2.24) is 0 Å². The van der Waals surface area contributed by atoms with Crippen LogP contribution in [0.4, 0.5) is 0 Å². The van der Waals surface area contributed by atoms with E-state index in [1.54, 1.807) is 6.92 Å². The summed E-state index contributed by atoms with van der Waals surface area (Å²) < 4.78 is 5.23. The largest absolute Gasteiger partial charge is 0.462 e. The van der Waals surface area contributed by atoms with E-state index in [-0.39, 0.29) is 16.8 Å². The van der Waals surface area contributed by atoms with Crippen LogP contribution in [0, 0.1) is 10.8 Å². The Morgan fingerprint density at radius 1 is 1.39 bits per heavy atom. The van der Waals surface area contributed by atoms with Gasteiger partial charge in [-0.25, -0.2) is 4.79 Å². The molecule has 1 atom stereocenters. The molecule has 0 saturated heterocycles. The summed E-state index contributed by atoms with van der Waals surface area (Å²) in [6, 6.07) is 0. The molecule has 0 spiro atoms. The fourth-order valence-corrected chi connectivity index (χ4v) is 2.76. The SMILES string of the molecule is C=C(C)C(=O)OCCC1(C)C(=C)CCCC1(C)C. The van der Waals surface area contributed by atoms with Crippen LogP contribution in [-0.2, 0) is 9.53 Å². The van der Waals surface area contributed by atoms with Gasteiger partial charge in [0, 0.05) is 5.57 Å². The molecule has 0 aliphatic heterocycles. The zero-order chi connectivity index (χ0) is 14.0. The Hall–Kier alpha value is -1.05. The van der Waals surface area contributed by atoms with E-state index in [1.165, 1.54) is 18.4 Å². The van der Waals surface area contributed by atoms with Gasteiger partial charge in [-0.15, -0.1) is 0 Å². The van der Waals surface area contributed by atoms with Crippen LogP contribution in [0.5, 0.6) is 0 Å². The number of allylic oxidation sites excluding steroid dienone is 1. The fraction of sp³-hybridized carbons (Fsp3) is 0.688. The van der Waals surface area contributed by atoms with Crippen LogP contribution < -0.4 is 0 Å². The van der Waals surface area contributed by atoms with Crippen LogP contribution >= 0.6 is 0 Å². The quantitative estimate of drug-likeness (QED) is 0.423. The van der Waals surface area contributed by atoms with Crippen LogP contribution in [0.1, 0.15) is 53.4 Å². The van der Waals surface area contributed by atoms with E-state index in [1.807, 2.05) is 0 Å². The first kappa shape index (κ1) is 15.0. The summed E-state index contributed by atoms with van der Waals surface area (Å²) in [5, 5.41) is 0. The van der Waals surface area contributed by atoms with Gasteiger partial charge in [0.2, 0.25) is 0 Å². The molecule has 1 unspecified atom stereocenters. The molecule has 2 nitrogen and oxygen atoms in total. The topological polar surface area (TPSA) is 26.3 Å². The number of rotatable bonds is 4. The number of esters is 1. The van der Waals surface area contributed by atoms with Crippen molar-refractivity contribution in [3.8, 4) is 0 Å². The molecule has 1 aliphatic rings. The van der Waals surface area contributed by atoms with Gasteiger partial charge in [0.25, 0.3) is 0 Å². The summed E-state index contributed by atoms with van der Waals surface area (Å²) >= 11 is 0. The van der Waals surface area contributed by atoms with E-state index in [9.17, 15) is 4.79 Å². The molecule has 0 aromatic rings. The molecule has 102 valence electrons. The lowest BCUT2D eigenvalue weighted by Gasteiger charge is -2.49. The zero-order valence-corrected chi connectivity index (χ0v) is 12.3. The molecule has 0 radical (unpaired) electrons. The van der Waals surface area contributed by atoms with E-state index < -0.39 is 0 Å². The highest BCUT2D eigenvalue weighted by atomic mass is 16.5. The van der Waals surface area contributed by atoms with E-state index in [0.29, 0.717) is 12.2 Å².